The highest BCUT2D eigenvalue weighted by Crippen LogP contribution is 2.35. The highest BCUT2D eigenvalue weighted by molar-refractivity contribution is 7.99. The van der Waals surface area contributed by atoms with Crippen LogP contribution in [0.25, 0.3) is 0 Å². The number of rotatable bonds is 2. The van der Waals surface area contributed by atoms with Gasteiger partial charge in [0, 0.05) is 23.7 Å². The smallest absolute Gasteiger partial charge is 0.236 e. The number of aromatic nitrogens is 2. The lowest BCUT2D eigenvalue weighted by atomic mass is 10.0. The van der Waals surface area contributed by atoms with E-state index in [2.05, 4.69) is 27.6 Å². The maximum Gasteiger partial charge on any atom is 0.236 e. The third-order valence-electron chi connectivity index (χ3n) is 3.69. The molecule has 2 unspecified atom stereocenters. The Kier molecular flexibility index (Phi) is 3.12. The van der Waals surface area contributed by atoms with Crippen LogP contribution < -0.4 is 5.32 Å². The molecule has 0 aliphatic carbocycles. The first-order valence-corrected chi connectivity index (χ1v) is 7.93. The van der Waals surface area contributed by atoms with Gasteiger partial charge >= 0.3 is 0 Å². The lowest BCUT2D eigenvalue weighted by Crippen LogP contribution is -2.17. The zero-order chi connectivity index (χ0) is 13.4. The second kappa shape index (κ2) is 5.10. The molecule has 2 aliphatic rings. The Morgan fingerprint density at radius 2 is 2.25 bits per heavy atom. The fraction of sp³-hybridized carbons (Fsp3) is 0.429. The van der Waals surface area contributed by atoms with Gasteiger partial charge in [0.05, 0.1) is 12.5 Å². The summed E-state index contributed by atoms with van der Waals surface area (Å²) in [7, 11) is 0. The Morgan fingerprint density at radius 1 is 1.30 bits per heavy atom. The van der Waals surface area contributed by atoms with E-state index >= 15 is 0 Å². The fourth-order valence-corrected chi connectivity index (χ4v) is 3.50. The first-order valence-electron chi connectivity index (χ1n) is 6.77. The first-order chi connectivity index (χ1) is 9.92. The van der Waals surface area contributed by atoms with Crippen LogP contribution >= 0.6 is 11.8 Å². The van der Waals surface area contributed by atoms with Crippen molar-refractivity contribution < 1.29 is 9.26 Å². The van der Waals surface area contributed by atoms with Gasteiger partial charge in [-0.3, -0.25) is 0 Å². The molecule has 4 rings (SSSR count). The Hall–Kier alpha value is -1.53. The number of para-hydroxylation sites is 1. The fourth-order valence-electron chi connectivity index (χ4n) is 2.66. The number of nitrogens with one attached hydrogen (secondary N) is 1. The molecule has 3 heterocycles. The van der Waals surface area contributed by atoms with Crippen molar-refractivity contribution >= 4 is 17.4 Å². The van der Waals surface area contributed by atoms with Crippen molar-refractivity contribution in [2.24, 2.45) is 0 Å². The van der Waals surface area contributed by atoms with Gasteiger partial charge < -0.3 is 14.6 Å². The SMILES string of the molecule is c1ccc2c(c1)NCC2c1nc(C2CSCCO2)no1. The zero-order valence-electron chi connectivity index (χ0n) is 10.9. The molecule has 1 aromatic heterocycles. The second-order valence-electron chi connectivity index (χ2n) is 4.95. The van der Waals surface area contributed by atoms with Crippen LogP contribution in [0, 0.1) is 0 Å². The van der Waals surface area contributed by atoms with Crippen LogP contribution in [0.1, 0.15) is 29.3 Å². The standard InChI is InChI=1S/C14H15N3O2S/c1-2-4-11-9(3-1)10(7-15-11)14-16-13(17-19-14)12-8-20-6-5-18-12/h1-4,10,12,15H,5-8H2. The minimum atomic E-state index is -0.0316. The minimum absolute atomic E-state index is 0.0316. The van der Waals surface area contributed by atoms with E-state index in [9.17, 15) is 0 Å². The van der Waals surface area contributed by atoms with E-state index in [4.69, 9.17) is 9.26 Å². The molecule has 104 valence electrons. The molecular formula is C14H15N3O2S. The Morgan fingerprint density at radius 3 is 3.15 bits per heavy atom. The molecule has 2 aromatic rings. The van der Waals surface area contributed by atoms with Crippen molar-refractivity contribution in [3.63, 3.8) is 0 Å². The van der Waals surface area contributed by atoms with Crippen molar-refractivity contribution in [2.45, 2.75) is 12.0 Å². The average molecular weight is 289 g/mol. The minimum Gasteiger partial charge on any atom is -0.384 e. The molecule has 1 saturated heterocycles. The molecule has 0 saturated carbocycles. The summed E-state index contributed by atoms with van der Waals surface area (Å²) in [6.07, 6.45) is -0.0316. The van der Waals surface area contributed by atoms with Gasteiger partial charge in [-0.15, -0.1) is 0 Å². The summed E-state index contributed by atoms with van der Waals surface area (Å²) in [6, 6.07) is 8.25. The summed E-state index contributed by atoms with van der Waals surface area (Å²) in [5.41, 5.74) is 2.38. The van der Waals surface area contributed by atoms with Crippen LogP contribution in [-0.4, -0.2) is 34.8 Å². The van der Waals surface area contributed by atoms with Crippen molar-refractivity contribution in [3.8, 4) is 0 Å². The number of anilines is 1. The molecule has 6 heteroatoms. The van der Waals surface area contributed by atoms with E-state index in [0.29, 0.717) is 11.7 Å². The van der Waals surface area contributed by atoms with Crippen molar-refractivity contribution in [3.05, 3.63) is 41.5 Å². The number of thioether (sulfide) groups is 1. The summed E-state index contributed by atoms with van der Waals surface area (Å²) in [5.74, 6) is 3.44. The summed E-state index contributed by atoms with van der Waals surface area (Å²) in [4.78, 5) is 4.56. The van der Waals surface area contributed by atoms with Gasteiger partial charge in [-0.2, -0.15) is 16.7 Å². The van der Waals surface area contributed by atoms with Crippen molar-refractivity contribution in [2.75, 3.05) is 30.0 Å². The molecule has 1 N–H and O–H groups in total. The molecule has 20 heavy (non-hydrogen) atoms. The average Bonchev–Trinajstić information content (AvgIpc) is 3.14. The van der Waals surface area contributed by atoms with Crippen LogP contribution in [0.2, 0.25) is 0 Å². The number of benzene rings is 1. The molecule has 1 fully saturated rings. The molecule has 0 spiro atoms. The lowest BCUT2D eigenvalue weighted by Gasteiger charge is -2.18. The number of hydrogen-bond donors (Lipinski definition) is 1. The largest absolute Gasteiger partial charge is 0.384 e. The molecule has 5 nitrogen and oxygen atoms in total. The highest BCUT2D eigenvalue weighted by atomic mass is 32.2. The normalized spacial score (nSPS) is 25.2. The third kappa shape index (κ3) is 2.09. The number of fused-ring (bicyclic) bond motifs is 1. The maximum atomic E-state index is 5.69. The van der Waals surface area contributed by atoms with Gasteiger partial charge in [-0.1, -0.05) is 23.4 Å². The Balaban J connectivity index is 1.59. The van der Waals surface area contributed by atoms with Crippen LogP contribution in [0.15, 0.2) is 28.8 Å². The summed E-state index contributed by atoms with van der Waals surface area (Å²) in [5, 5.41) is 7.48. The Bertz CT molecular complexity index is 610. The van der Waals surface area contributed by atoms with E-state index in [1.54, 1.807) is 0 Å². The highest BCUT2D eigenvalue weighted by Gasteiger charge is 2.30. The molecule has 0 bridgehead atoms. The summed E-state index contributed by atoms with van der Waals surface area (Å²) >= 11 is 1.87. The van der Waals surface area contributed by atoms with E-state index < -0.39 is 0 Å². The van der Waals surface area contributed by atoms with Gasteiger partial charge in [0.25, 0.3) is 0 Å². The van der Waals surface area contributed by atoms with Crippen molar-refractivity contribution in [1.82, 2.24) is 10.1 Å². The van der Waals surface area contributed by atoms with Gasteiger partial charge in [0.1, 0.15) is 6.10 Å². The van der Waals surface area contributed by atoms with Crippen molar-refractivity contribution in [1.29, 1.82) is 0 Å². The second-order valence-corrected chi connectivity index (χ2v) is 6.10. The number of nitrogens with zero attached hydrogens (tertiary/aromatic N) is 2. The molecule has 0 amide bonds. The van der Waals surface area contributed by atoms with E-state index in [0.717, 1.165) is 30.3 Å². The monoisotopic (exact) mass is 289 g/mol. The summed E-state index contributed by atoms with van der Waals surface area (Å²) in [6.45, 7) is 1.56. The topological polar surface area (TPSA) is 60.2 Å². The van der Waals surface area contributed by atoms with Gasteiger partial charge in [-0.25, -0.2) is 0 Å². The number of ether oxygens (including phenoxy) is 1. The van der Waals surface area contributed by atoms with Crippen LogP contribution in [0.4, 0.5) is 5.69 Å². The first kappa shape index (κ1) is 12.2. The van der Waals surface area contributed by atoms with E-state index in [1.807, 2.05) is 23.9 Å². The van der Waals surface area contributed by atoms with Gasteiger partial charge in [0.15, 0.2) is 0 Å². The predicted molar refractivity (Wildman–Crippen MR) is 77.1 cm³/mol. The maximum absolute atomic E-state index is 5.69. The van der Waals surface area contributed by atoms with Gasteiger partial charge in [0.2, 0.25) is 11.7 Å². The summed E-state index contributed by atoms with van der Waals surface area (Å²) < 4.78 is 11.2. The molecule has 0 radical (unpaired) electrons. The quantitative estimate of drug-likeness (QED) is 0.916. The molecule has 2 atom stereocenters. The lowest BCUT2D eigenvalue weighted by molar-refractivity contribution is 0.0677. The Labute approximate surface area is 121 Å². The van der Waals surface area contributed by atoms with E-state index in [-0.39, 0.29) is 12.0 Å². The zero-order valence-corrected chi connectivity index (χ0v) is 11.7. The van der Waals surface area contributed by atoms with Crippen LogP contribution in [0.3, 0.4) is 0 Å². The number of hydrogen-bond acceptors (Lipinski definition) is 6. The van der Waals surface area contributed by atoms with Gasteiger partial charge in [-0.05, 0) is 11.6 Å². The molecule has 1 aromatic carbocycles. The third-order valence-corrected chi connectivity index (χ3v) is 4.69. The molecule has 2 aliphatic heterocycles. The van der Waals surface area contributed by atoms with Crippen LogP contribution in [-0.2, 0) is 4.74 Å². The van der Waals surface area contributed by atoms with Crippen LogP contribution in [0.5, 0.6) is 0 Å². The predicted octanol–water partition coefficient (Wildman–Crippen LogP) is 2.43. The molecular weight excluding hydrogens is 274 g/mol. The van der Waals surface area contributed by atoms with E-state index in [1.165, 1.54) is 5.56 Å².